The second kappa shape index (κ2) is 15.8. The van der Waals surface area contributed by atoms with Crippen LogP contribution in [0.3, 0.4) is 0 Å². The van der Waals surface area contributed by atoms with E-state index in [-0.39, 0.29) is 32.4 Å². The maximum atomic E-state index is 8.56. The molecule has 0 fully saturated rings. The summed E-state index contributed by atoms with van der Waals surface area (Å²) in [7, 11) is 0. The number of hydrogen-bond donors (Lipinski definition) is 5. The molecule has 0 amide bonds. The van der Waals surface area contributed by atoms with Crippen LogP contribution >= 0.6 is 0 Å². The molecule has 0 saturated heterocycles. The summed E-state index contributed by atoms with van der Waals surface area (Å²) >= 11 is 0. The molecule has 0 aromatic heterocycles. The van der Waals surface area contributed by atoms with Gasteiger partial charge in [-0.2, -0.15) is 0 Å². The van der Waals surface area contributed by atoms with Crippen molar-refractivity contribution >= 4 is 12.3 Å². The summed E-state index contributed by atoms with van der Waals surface area (Å²) in [6.45, 7) is 0. The van der Waals surface area contributed by atoms with Gasteiger partial charge in [-0.15, -0.1) is 0 Å². The molecule has 7 N–H and O–H groups in total. The van der Waals surface area contributed by atoms with Gasteiger partial charge in [0.15, 0.2) is 0 Å². The molecular formula is C2H7NO6Zr. The summed E-state index contributed by atoms with van der Waals surface area (Å²) in [4.78, 5) is 17.1. The largest absolute Gasteiger partial charge is 0.503 e. The molecule has 0 aliphatic heterocycles. The topological polar surface area (TPSA) is 150 Å². The Morgan fingerprint density at radius 1 is 0.800 bits per heavy atom. The van der Waals surface area contributed by atoms with E-state index >= 15 is 0 Å². The van der Waals surface area contributed by atoms with Gasteiger partial charge >= 0.3 is 12.3 Å². The molecule has 0 saturated carbocycles. The molecular weight excluding hydrogens is 225 g/mol. The van der Waals surface area contributed by atoms with Crippen LogP contribution in [0.25, 0.3) is 0 Å². The van der Waals surface area contributed by atoms with Crippen molar-refractivity contribution in [3.63, 3.8) is 0 Å². The molecule has 0 aromatic rings. The standard InChI is InChI=1S/2CH2O3.H3N.Zr/c2*2-1(3)4;;/h2*(H2,2,3,4);1H3;. The molecule has 0 aliphatic rings. The zero-order valence-corrected chi connectivity index (χ0v) is 7.27. The van der Waals surface area contributed by atoms with Crippen LogP contribution in [0.5, 0.6) is 0 Å². The monoisotopic (exact) mass is 231 g/mol. The van der Waals surface area contributed by atoms with E-state index in [4.69, 9.17) is 30.0 Å². The van der Waals surface area contributed by atoms with Crippen LogP contribution in [0.4, 0.5) is 9.59 Å². The van der Waals surface area contributed by atoms with Crippen LogP contribution in [0.15, 0.2) is 0 Å². The summed E-state index contributed by atoms with van der Waals surface area (Å²) in [5.74, 6) is 0. The molecule has 10 heavy (non-hydrogen) atoms. The van der Waals surface area contributed by atoms with E-state index < -0.39 is 12.3 Å². The minimum absolute atomic E-state index is 0. The van der Waals surface area contributed by atoms with E-state index in [9.17, 15) is 0 Å². The van der Waals surface area contributed by atoms with E-state index in [1.54, 1.807) is 0 Å². The molecule has 0 spiro atoms. The first kappa shape index (κ1) is 22.8. The summed E-state index contributed by atoms with van der Waals surface area (Å²) in [6, 6.07) is 0. The van der Waals surface area contributed by atoms with E-state index in [0.29, 0.717) is 0 Å². The Kier molecular flexibility index (Phi) is 35.9. The third-order valence-corrected chi connectivity index (χ3v) is 0. The third kappa shape index (κ3) is 790. The zero-order chi connectivity index (χ0) is 7.15. The van der Waals surface area contributed by atoms with E-state index in [1.807, 2.05) is 0 Å². The average molecular weight is 232 g/mol. The molecule has 60 valence electrons. The summed E-state index contributed by atoms with van der Waals surface area (Å²) in [6.07, 6.45) is -3.67. The van der Waals surface area contributed by atoms with Crippen molar-refractivity contribution in [1.29, 1.82) is 0 Å². The Morgan fingerprint density at radius 2 is 0.800 bits per heavy atom. The smallest absolute Gasteiger partial charge is 0.450 e. The van der Waals surface area contributed by atoms with E-state index in [0.717, 1.165) is 0 Å². The van der Waals surface area contributed by atoms with Gasteiger partial charge in [-0.1, -0.05) is 0 Å². The number of rotatable bonds is 0. The second-order valence-corrected chi connectivity index (χ2v) is 0.565. The number of carboxylic acid groups (broad SMARTS) is 4. The Bertz CT molecular complexity index is 73.7. The summed E-state index contributed by atoms with van der Waals surface area (Å²) < 4.78 is 0. The fourth-order valence-electron chi connectivity index (χ4n) is 0. The third-order valence-electron chi connectivity index (χ3n) is 0. The molecule has 0 radical (unpaired) electrons. The van der Waals surface area contributed by atoms with Crippen LogP contribution in [-0.2, 0) is 26.2 Å². The summed E-state index contributed by atoms with van der Waals surface area (Å²) in [5.41, 5.74) is 0. The predicted octanol–water partition coefficient (Wildman–Crippen LogP) is 0.604. The number of hydrogen-bond acceptors (Lipinski definition) is 3. The summed E-state index contributed by atoms with van der Waals surface area (Å²) in [5, 5.41) is 27.9. The molecule has 0 heterocycles. The maximum absolute atomic E-state index is 8.56. The first-order chi connectivity index (χ1) is 3.46. The first-order valence-corrected chi connectivity index (χ1v) is 1.30. The normalized spacial score (nSPS) is 4.80. The zero-order valence-electron chi connectivity index (χ0n) is 4.81. The van der Waals surface area contributed by atoms with E-state index in [1.165, 1.54) is 0 Å². The molecule has 0 aliphatic carbocycles. The molecule has 0 rings (SSSR count). The quantitative estimate of drug-likeness (QED) is 0.410. The maximum Gasteiger partial charge on any atom is 0.503 e. The van der Waals surface area contributed by atoms with Gasteiger partial charge in [0.1, 0.15) is 0 Å². The Balaban J connectivity index is -0.0000000300. The van der Waals surface area contributed by atoms with Gasteiger partial charge in [0, 0.05) is 26.2 Å². The van der Waals surface area contributed by atoms with Crippen LogP contribution < -0.4 is 6.15 Å². The Labute approximate surface area is 75.0 Å². The molecule has 0 aromatic carbocycles. The average Bonchev–Trinajstić information content (AvgIpc) is 1.25. The SMILES string of the molecule is N.O=C(O)O.O=C(O)O.[Zr]. The van der Waals surface area contributed by atoms with Crippen molar-refractivity contribution in [3.05, 3.63) is 0 Å². The molecule has 8 heteroatoms. The van der Waals surface area contributed by atoms with Gasteiger partial charge in [0.2, 0.25) is 0 Å². The van der Waals surface area contributed by atoms with Crippen LogP contribution in [0.1, 0.15) is 0 Å². The van der Waals surface area contributed by atoms with Crippen molar-refractivity contribution < 1.29 is 56.2 Å². The fraction of sp³-hybridized carbons (Fsp3) is 0. The van der Waals surface area contributed by atoms with Crippen LogP contribution in [0.2, 0.25) is 0 Å². The van der Waals surface area contributed by atoms with Gasteiger partial charge in [0.25, 0.3) is 0 Å². The molecule has 0 bridgehead atoms. The second-order valence-electron chi connectivity index (χ2n) is 0.565. The molecule has 7 nitrogen and oxygen atoms in total. The van der Waals surface area contributed by atoms with E-state index in [2.05, 4.69) is 0 Å². The van der Waals surface area contributed by atoms with Gasteiger partial charge < -0.3 is 26.6 Å². The van der Waals surface area contributed by atoms with Crippen molar-refractivity contribution in [2.75, 3.05) is 0 Å². The minimum atomic E-state index is -1.83. The molecule has 0 unspecified atom stereocenters. The van der Waals surface area contributed by atoms with Gasteiger partial charge in [-0.05, 0) is 0 Å². The van der Waals surface area contributed by atoms with Crippen LogP contribution in [-0.4, -0.2) is 32.7 Å². The van der Waals surface area contributed by atoms with Gasteiger partial charge in [-0.3, -0.25) is 0 Å². The van der Waals surface area contributed by atoms with Crippen molar-refractivity contribution in [3.8, 4) is 0 Å². The number of carbonyl (C=O) groups is 2. The Morgan fingerprint density at radius 3 is 0.800 bits per heavy atom. The molecule has 0 atom stereocenters. The fourth-order valence-corrected chi connectivity index (χ4v) is 0. The van der Waals surface area contributed by atoms with Gasteiger partial charge in [-0.25, -0.2) is 9.59 Å². The first-order valence-electron chi connectivity index (χ1n) is 1.30. The van der Waals surface area contributed by atoms with Crippen molar-refractivity contribution in [2.24, 2.45) is 0 Å². The predicted molar refractivity (Wildman–Crippen MR) is 26.3 cm³/mol. The van der Waals surface area contributed by atoms with Crippen molar-refractivity contribution in [1.82, 2.24) is 6.15 Å². The van der Waals surface area contributed by atoms with Gasteiger partial charge in [0.05, 0.1) is 0 Å². The Hall–Kier alpha value is -0.617. The van der Waals surface area contributed by atoms with Crippen molar-refractivity contribution in [2.45, 2.75) is 0 Å². The minimum Gasteiger partial charge on any atom is -0.450 e. The van der Waals surface area contributed by atoms with Crippen LogP contribution in [0, 0.1) is 0 Å².